The first kappa shape index (κ1) is 37.7. The molecule has 18 heteroatoms. The summed E-state index contributed by atoms with van der Waals surface area (Å²) in [7, 11) is 0. The number of H-pyrrole nitrogens is 2. The summed E-state index contributed by atoms with van der Waals surface area (Å²) in [5.74, 6) is -3.40. The number of aromatic carboxylic acids is 1. The van der Waals surface area contributed by atoms with Gasteiger partial charge in [-0.05, 0) is 48.2 Å². The Kier molecular flexibility index (Phi) is 11.7. The molecule has 6 N–H and O–H groups in total. The van der Waals surface area contributed by atoms with Gasteiger partial charge in [-0.15, -0.1) is 0 Å². The lowest BCUT2D eigenvalue weighted by Crippen LogP contribution is -2.36. The van der Waals surface area contributed by atoms with Gasteiger partial charge in [0.1, 0.15) is 40.9 Å². The molecule has 1 aliphatic rings. The summed E-state index contributed by atoms with van der Waals surface area (Å²) < 4.78 is 26.4. The summed E-state index contributed by atoms with van der Waals surface area (Å²) in [6.45, 7) is 0.261. The Morgan fingerprint density at radius 1 is 0.704 bits per heavy atom. The third-order valence-electron chi connectivity index (χ3n) is 8.65. The SMILES string of the molecule is O=C(NC1CCCCC1)c1c[nH]c2c(C(=O)NCc3ccc(F)c(Cl)c3)ncnc12.O=C(O)c1c[nH]c2c(C(=O)NCc3ccc(F)c(Cl)c3)ncnc12. The molecule has 54 heavy (non-hydrogen) atoms. The van der Waals surface area contributed by atoms with E-state index >= 15 is 0 Å². The number of nitrogens with zero attached hydrogens (tertiary/aromatic N) is 4. The van der Waals surface area contributed by atoms with Crippen LogP contribution < -0.4 is 16.0 Å². The molecule has 0 bridgehead atoms. The van der Waals surface area contributed by atoms with E-state index in [0.29, 0.717) is 27.7 Å². The molecular formula is C36H31Cl2F2N9O5. The van der Waals surface area contributed by atoms with Crippen LogP contribution in [0.5, 0.6) is 0 Å². The summed E-state index contributed by atoms with van der Waals surface area (Å²) in [5.41, 5.74) is 2.90. The predicted octanol–water partition coefficient (Wildman–Crippen LogP) is 6.12. The van der Waals surface area contributed by atoms with E-state index in [4.69, 9.17) is 28.3 Å². The lowest BCUT2D eigenvalue weighted by molar-refractivity contribution is 0.0697. The van der Waals surface area contributed by atoms with Gasteiger partial charge in [0.2, 0.25) is 0 Å². The summed E-state index contributed by atoms with van der Waals surface area (Å²) in [4.78, 5) is 70.4. The zero-order valence-corrected chi connectivity index (χ0v) is 29.7. The van der Waals surface area contributed by atoms with Gasteiger partial charge in [0.25, 0.3) is 17.7 Å². The quantitative estimate of drug-likeness (QED) is 0.0998. The summed E-state index contributed by atoms with van der Waals surface area (Å²) in [6, 6.07) is 8.52. The molecule has 6 aromatic rings. The van der Waals surface area contributed by atoms with E-state index in [1.807, 2.05) is 0 Å². The molecule has 1 fully saturated rings. The molecule has 0 unspecified atom stereocenters. The van der Waals surface area contributed by atoms with Gasteiger partial charge < -0.3 is 31.0 Å². The maximum absolute atomic E-state index is 13.3. The second-order valence-electron chi connectivity index (χ2n) is 12.3. The van der Waals surface area contributed by atoms with Crippen molar-refractivity contribution >= 4 is 69.0 Å². The van der Waals surface area contributed by atoms with Crippen molar-refractivity contribution in [1.82, 2.24) is 45.9 Å². The lowest BCUT2D eigenvalue weighted by Gasteiger charge is -2.22. The van der Waals surface area contributed by atoms with Crippen LogP contribution >= 0.6 is 23.2 Å². The van der Waals surface area contributed by atoms with E-state index in [0.717, 1.165) is 32.0 Å². The van der Waals surface area contributed by atoms with Crippen molar-refractivity contribution in [3.63, 3.8) is 0 Å². The van der Waals surface area contributed by atoms with Gasteiger partial charge in [0, 0.05) is 31.5 Å². The summed E-state index contributed by atoms with van der Waals surface area (Å²) >= 11 is 11.5. The number of benzene rings is 2. The fourth-order valence-corrected chi connectivity index (χ4v) is 6.31. The van der Waals surface area contributed by atoms with Gasteiger partial charge in [0.05, 0.1) is 26.6 Å². The van der Waals surface area contributed by atoms with E-state index in [-0.39, 0.29) is 63.1 Å². The molecular weight excluding hydrogens is 747 g/mol. The van der Waals surface area contributed by atoms with E-state index in [9.17, 15) is 28.0 Å². The minimum absolute atomic E-state index is 0.0100. The van der Waals surface area contributed by atoms with Crippen molar-refractivity contribution in [2.75, 3.05) is 0 Å². The molecule has 4 aromatic heterocycles. The number of nitrogens with one attached hydrogen (secondary N) is 5. The minimum atomic E-state index is -1.16. The lowest BCUT2D eigenvalue weighted by atomic mass is 9.95. The van der Waals surface area contributed by atoms with Crippen molar-refractivity contribution in [2.24, 2.45) is 0 Å². The number of fused-ring (bicyclic) bond motifs is 2. The van der Waals surface area contributed by atoms with Crippen LogP contribution in [0, 0.1) is 11.6 Å². The number of carboxylic acids is 1. The molecule has 0 radical (unpaired) electrons. The number of carboxylic acid groups (broad SMARTS) is 1. The highest BCUT2D eigenvalue weighted by Crippen LogP contribution is 2.22. The topological polar surface area (TPSA) is 208 Å². The highest BCUT2D eigenvalue weighted by molar-refractivity contribution is 6.31. The monoisotopic (exact) mass is 777 g/mol. The molecule has 1 aliphatic carbocycles. The number of aromatic amines is 2. The van der Waals surface area contributed by atoms with Crippen molar-refractivity contribution < 1.29 is 33.1 Å². The molecule has 2 aromatic carbocycles. The first-order chi connectivity index (χ1) is 26.0. The van der Waals surface area contributed by atoms with Crippen molar-refractivity contribution in [3.8, 4) is 0 Å². The molecule has 1 saturated carbocycles. The molecule has 7 rings (SSSR count). The zero-order valence-electron chi connectivity index (χ0n) is 28.2. The van der Waals surface area contributed by atoms with Crippen molar-refractivity contribution in [2.45, 2.75) is 51.2 Å². The van der Waals surface area contributed by atoms with Crippen LogP contribution in [0.1, 0.15) is 84.9 Å². The van der Waals surface area contributed by atoms with E-state index < -0.39 is 29.4 Å². The van der Waals surface area contributed by atoms with Crippen molar-refractivity contribution in [3.05, 3.63) is 117 Å². The molecule has 0 aliphatic heterocycles. The number of amides is 3. The van der Waals surface area contributed by atoms with Crippen LogP contribution in [0.15, 0.2) is 61.4 Å². The standard InChI is InChI=1S/C21H21ClFN5O2.C15H10ClFN4O3/c22-15-8-12(6-7-16(15)23)9-25-21(30)19-18-17(26-11-27-19)14(10-24-18)20(29)28-13-4-2-1-3-5-13;16-9-3-7(1-2-10(9)17)4-19-14(22)13-12-11(20-6-21-13)8(5-18-12)15(23)24/h6-8,10-11,13,24H,1-5,9H2,(H,25,30)(H,28,29);1-3,5-6,18H,4H2,(H,19,22)(H,23,24). The molecule has 14 nitrogen and oxygen atoms in total. The van der Waals surface area contributed by atoms with E-state index in [2.05, 4.69) is 45.9 Å². The third kappa shape index (κ3) is 8.61. The van der Waals surface area contributed by atoms with Gasteiger partial charge in [-0.1, -0.05) is 54.6 Å². The first-order valence-electron chi connectivity index (χ1n) is 16.6. The average molecular weight is 779 g/mol. The Hall–Kier alpha value is -6.00. The number of aromatic nitrogens is 6. The Balaban J connectivity index is 0.000000189. The molecule has 278 valence electrons. The van der Waals surface area contributed by atoms with Gasteiger partial charge in [-0.3, -0.25) is 14.4 Å². The van der Waals surface area contributed by atoms with Gasteiger partial charge in [-0.25, -0.2) is 33.5 Å². The summed E-state index contributed by atoms with van der Waals surface area (Å²) in [5, 5.41) is 17.4. The molecule has 0 spiro atoms. The Morgan fingerprint density at radius 3 is 1.67 bits per heavy atom. The fraction of sp³-hybridized carbons (Fsp3) is 0.222. The fourth-order valence-electron chi connectivity index (χ4n) is 5.90. The highest BCUT2D eigenvalue weighted by Gasteiger charge is 2.23. The Bertz CT molecular complexity index is 2380. The molecule has 0 saturated heterocycles. The second-order valence-corrected chi connectivity index (χ2v) is 13.1. The average Bonchev–Trinajstić information content (AvgIpc) is 3.82. The largest absolute Gasteiger partial charge is 0.478 e. The number of hydrogen-bond acceptors (Lipinski definition) is 8. The molecule has 4 heterocycles. The maximum atomic E-state index is 13.3. The molecule has 3 amide bonds. The van der Waals surface area contributed by atoms with Crippen LogP contribution in [0.25, 0.3) is 22.1 Å². The van der Waals surface area contributed by atoms with Crippen LogP contribution in [-0.2, 0) is 13.1 Å². The van der Waals surface area contributed by atoms with Gasteiger partial charge >= 0.3 is 5.97 Å². The van der Waals surface area contributed by atoms with Crippen LogP contribution in [0.4, 0.5) is 8.78 Å². The number of carbonyl (C=O) groups is 4. The van der Waals surface area contributed by atoms with E-state index in [1.165, 1.54) is 49.3 Å². The summed E-state index contributed by atoms with van der Waals surface area (Å²) in [6.07, 6.45) is 10.6. The van der Waals surface area contributed by atoms with Gasteiger partial charge in [-0.2, -0.15) is 0 Å². The number of hydrogen-bond donors (Lipinski definition) is 6. The smallest absolute Gasteiger partial charge is 0.339 e. The Labute approximate surface area is 315 Å². The second kappa shape index (κ2) is 16.8. The van der Waals surface area contributed by atoms with Crippen LogP contribution in [-0.4, -0.2) is 64.7 Å². The number of rotatable bonds is 9. The Morgan fingerprint density at radius 2 is 1.19 bits per heavy atom. The minimum Gasteiger partial charge on any atom is -0.478 e. The van der Waals surface area contributed by atoms with Crippen LogP contribution in [0.2, 0.25) is 10.0 Å². The maximum Gasteiger partial charge on any atom is 0.339 e. The van der Waals surface area contributed by atoms with E-state index in [1.54, 1.807) is 12.3 Å². The van der Waals surface area contributed by atoms with Gasteiger partial charge in [0.15, 0.2) is 11.4 Å². The predicted molar refractivity (Wildman–Crippen MR) is 194 cm³/mol. The molecule has 0 atom stereocenters. The normalized spacial score (nSPS) is 12.9. The van der Waals surface area contributed by atoms with Crippen LogP contribution in [0.3, 0.4) is 0 Å². The third-order valence-corrected chi connectivity index (χ3v) is 9.23. The number of halogens is 4. The number of carbonyl (C=O) groups excluding carboxylic acids is 3. The van der Waals surface area contributed by atoms with Crippen molar-refractivity contribution in [1.29, 1.82) is 0 Å². The zero-order chi connectivity index (χ0) is 38.4. The first-order valence-corrected chi connectivity index (χ1v) is 17.4. The highest BCUT2D eigenvalue weighted by atomic mass is 35.5.